The van der Waals surface area contributed by atoms with Gasteiger partial charge in [0.2, 0.25) is 0 Å². The van der Waals surface area contributed by atoms with Crippen molar-refractivity contribution in [3.8, 4) is 0 Å². The molecule has 1 fully saturated rings. The molecule has 0 radical (unpaired) electrons. The highest BCUT2D eigenvalue weighted by atomic mass is 16.7. The summed E-state index contributed by atoms with van der Waals surface area (Å²) >= 11 is 0. The third-order valence-electron chi connectivity index (χ3n) is 3.73. The zero-order valence-corrected chi connectivity index (χ0v) is 14.0. The second-order valence-electron chi connectivity index (χ2n) is 7.01. The number of hydrogen-bond acceptors (Lipinski definition) is 4. The van der Waals surface area contributed by atoms with E-state index in [9.17, 15) is 4.79 Å². The predicted octanol–water partition coefficient (Wildman–Crippen LogP) is 2.68. The lowest BCUT2D eigenvalue weighted by atomic mass is 9.99. The van der Waals surface area contributed by atoms with Crippen molar-refractivity contribution in [2.75, 3.05) is 0 Å². The number of nitrogens with one attached hydrogen (secondary N) is 1. The first-order chi connectivity index (χ1) is 9.79. The molecular weight excluding hydrogens is 268 g/mol. The van der Waals surface area contributed by atoms with Gasteiger partial charge >= 0.3 is 0 Å². The Morgan fingerprint density at radius 2 is 1.67 bits per heavy atom. The summed E-state index contributed by atoms with van der Waals surface area (Å²) in [4.78, 5) is 17.6. The Morgan fingerprint density at radius 3 is 2.19 bits per heavy atom. The Labute approximate surface area is 128 Å². The number of nitrogens with two attached hydrogens (primary N) is 1. The standard InChI is InChI=1S/C16H32N2O3/c1-12(20-16(2,3)4)14(17)15(19)18-21-13-10-8-6-5-7-9-11-13/h12-14H,5-11,17H2,1-4H3,(H,18,19)/t12-,14+/m1/s1. The Morgan fingerprint density at radius 1 is 1.14 bits per heavy atom. The quantitative estimate of drug-likeness (QED) is 0.766. The van der Waals surface area contributed by atoms with Gasteiger partial charge in [0.05, 0.1) is 17.8 Å². The minimum atomic E-state index is -0.724. The molecule has 0 aliphatic heterocycles. The Bertz CT molecular complexity index is 307. The molecule has 0 saturated heterocycles. The average molecular weight is 300 g/mol. The fourth-order valence-corrected chi connectivity index (χ4v) is 2.59. The van der Waals surface area contributed by atoms with E-state index in [0.29, 0.717) is 0 Å². The van der Waals surface area contributed by atoms with Crippen LogP contribution in [-0.2, 0) is 14.4 Å². The fourth-order valence-electron chi connectivity index (χ4n) is 2.59. The average Bonchev–Trinajstić information content (AvgIpc) is 2.34. The van der Waals surface area contributed by atoms with Gasteiger partial charge in [0, 0.05) is 0 Å². The maximum atomic E-state index is 12.0. The van der Waals surface area contributed by atoms with E-state index in [1.165, 1.54) is 19.3 Å². The third kappa shape index (κ3) is 7.79. The molecule has 1 amide bonds. The van der Waals surface area contributed by atoms with E-state index >= 15 is 0 Å². The lowest BCUT2D eigenvalue weighted by Gasteiger charge is -2.28. The first-order valence-corrected chi connectivity index (χ1v) is 8.18. The van der Waals surface area contributed by atoms with E-state index in [1.807, 2.05) is 27.7 Å². The van der Waals surface area contributed by atoms with Crippen LogP contribution >= 0.6 is 0 Å². The first kappa shape index (κ1) is 18.4. The number of carbonyl (C=O) groups is 1. The maximum Gasteiger partial charge on any atom is 0.263 e. The summed E-state index contributed by atoms with van der Waals surface area (Å²) in [6.07, 6.45) is 7.91. The second kappa shape index (κ2) is 8.71. The molecule has 0 spiro atoms. The van der Waals surface area contributed by atoms with Crippen LogP contribution in [0.2, 0.25) is 0 Å². The molecule has 0 bridgehead atoms. The molecule has 0 aromatic carbocycles. The molecule has 1 rings (SSSR count). The van der Waals surface area contributed by atoms with Crippen molar-refractivity contribution in [1.82, 2.24) is 5.48 Å². The van der Waals surface area contributed by atoms with Crippen LogP contribution in [0, 0.1) is 0 Å². The molecule has 0 unspecified atom stereocenters. The van der Waals surface area contributed by atoms with Gasteiger partial charge < -0.3 is 10.5 Å². The number of rotatable bonds is 5. The number of carbonyl (C=O) groups excluding carboxylic acids is 1. The predicted molar refractivity (Wildman–Crippen MR) is 83.6 cm³/mol. The van der Waals surface area contributed by atoms with Crippen molar-refractivity contribution in [1.29, 1.82) is 0 Å². The highest BCUT2D eigenvalue weighted by molar-refractivity contribution is 5.81. The summed E-state index contributed by atoms with van der Waals surface area (Å²) in [7, 11) is 0. The summed E-state index contributed by atoms with van der Waals surface area (Å²) in [6, 6.07) is -0.724. The van der Waals surface area contributed by atoms with Gasteiger partial charge in [-0.05, 0) is 40.5 Å². The van der Waals surface area contributed by atoms with Gasteiger partial charge in [-0.15, -0.1) is 0 Å². The van der Waals surface area contributed by atoms with E-state index in [1.54, 1.807) is 0 Å². The van der Waals surface area contributed by atoms with Gasteiger partial charge in [-0.2, -0.15) is 0 Å². The fraction of sp³-hybridized carbons (Fsp3) is 0.938. The van der Waals surface area contributed by atoms with Crippen LogP contribution in [0.15, 0.2) is 0 Å². The van der Waals surface area contributed by atoms with E-state index in [-0.39, 0.29) is 23.7 Å². The van der Waals surface area contributed by atoms with Crippen molar-refractivity contribution >= 4 is 5.91 Å². The van der Waals surface area contributed by atoms with Gasteiger partial charge in [0.1, 0.15) is 6.04 Å². The van der Waals surface area contributed by atoms with Crippen molar-refractivity contribution < 1.29 is 14.4 Å². The van der Waals surface area contributed by atoms with Crippen LogP contribution in [0.5, 0.6) is 0 Å². The molecule has 0 aromatic heterocycles. The third-order valence-corrected chi connectivity index (χ3v) is 3.73. The Kier molecular flexibility index (Phi) is 7.63. The molecule has 0 aromatic rings. The summed E-state index contributed by atoms with van der Waals surface area (Å²) in [5.41, 5.74) is 8.12. The lowest BCUT2D eigenvalue weighted by molar-refractivity contribution is -0.147. The van der Waals surface area contributed by atoms with Crippen molar-refractivity contribution in [2.45, 2.75) is 96.5 Å². The van der Waals surface area contributed by atoms with Crippen LogP contribution in [0.4, 0.5) is 0 Å². The number of hydrogen-bond donors (Lipinski definition) is 2. The molecule has 1 saturated carbocycles. The maximum absolute atomic E-state index is 12.0. The van der Waals surface area contributed by atoms with E-state index < -0.39 is 6.04 Å². The summed E-state index contributed by atoms with van der Waals surface area (Å²) < 4.78 is 5.71. The van der Waals surface area contributed by atoms with Gasteiger partial charge in [-0.3, -0.25) is 9.63 Å². The molecule has 5 heteroatoms. The number of ether oxygens (including phenoxy) is 1. The molecule has 21 heavy (non-hydrogen) atoms. The van der Waals surface area contributed by atoms with Crippen molar-refractivity contribution in [2.24, 2.45) is 5.73 Å². The summed E-state index contributed by atoms with van der Waals surface area (Å²) in [5, 5.41) is 0. The van der Waals surface area contributed by atoms with Crippen LogP contribution in [0.1, 0.15) is 72.6 Å². The monoisotopic (exact) mass is 300 g/mol. The topological polar surface area (TPSA) is 73.6 Å². The summed E-state index contributed by atoms with van der Waals surface area (Å²) in [5.74, 6) is -0.311. The minimum absolute atomic E-state index is 0.111. The molecule has 5 nitrogen and oxygen atoms in total. The van der Waals surface area contributed by atoms with Crippen LogP contribution < -0.4 is 11.2 Å². The van der Waals surface area contributed by atoms with E-state index in [2.05, 4.69) is 5.48 Å². The van der Waals surface area contributed by atoms with Gasteiger partial charge in [0.15, 0.2) is 0 Å². The zero-order chi connectivity index (χ0) is 15.9. The molecule has 2 atom stereocenters. The van der Waals surface area contributed by atoms with Gasteiger partial charge in [-0.1, -0.05) is 32.1 Å². The first-order valence-electron chi connectivity index (χ1n) is 8.18. The molecular formula is C16H32N2O3. The highest BCUT2D eigenvalue weighted by Crippen LogP contribution is 2.19. The van der Waals surface area contributed by atoms with Crippen molar-refractivity contribution in [3.63, 3.8) is 0 Å². The number of amides is 1. The molecule has 3 N–H and O–H groups in total. The van der Waals surface area contributed by atoms with E-state index in [4.69, 9.17) is 15.3 Å². The van der Waals surface area contributed by atoms with Crippen molar-refractivity contribution in [3.05, 3.63) is 0 Å². The highest BCUT2D eigenvalue weighted by Gasteiger charge is 2.26. The van der Waals surface area contributed by atoms with Crippen LogP contribution in [0.25, 0.3) is 0 Å². The van der Waals surface area contributed by atoms with Crippen LogP contribution in [0.3, 0.4) is 0 Å². The molecule has 0 heterocycles. The van der Waals surface area contributed by atoms with Crippen LogP contribution in [-0.4, -0.2) is 29.8 Å². The smallest absolute Gasteiger partial charge is 0.263 e. The summed E-state index contributed by atoms with van der Waals surface area (Å²) in [6.45, 7) is 7.64. The normalized spacial score (nSPS) is 21.2. The largest absolute Gasteiger partial charge is 0.371 e. The Balaban J connectivity index is 2.34. The zero-order valence-electron chi connectivity index (χ0n) is 14.0. The second-order valence-corrected chi connectivity index (χ2v) is 7.01. The van der Waals surface area contributed by atoms with Gasteiger partial charge in [-0.25, -0.2) is 5.48 Å². The minimum Gasteiger partial charge on any atom is -0.371 e. The molecule has 1 aliphatic rings. The Hall–Kier alpha value is -0.650. The molecule has 1 aliphatic carbocycles. The van der Waals surface area contributed by atoms with Gasteiger partial charge in [0.25, 0.3) is 5.91 Å². The van der Waals surface area contributed by atoms with E-state index in [0.717, 1.165) is 25.7 Å². The molecule has 124 valence electrons. The SMILES string of the molecule is C[C@@H](OC(C)(C)C)[C@H](N)C(=O)NOC1CCCCCCC1. The number of hydroxylamine groups is 1. The lowest BCUT2D eigenvalue weighted by Crippen LogP contribution is -2.50.